The van der Waals surface area contributed by atoms with E-state index in [1.807, 2.05) is 31.3 Å². The zero-order chi connectivity index (χ0) is 17.0. The summed E-state index contributed by atoms with van der Waals surface area (Å²) in [6.07, 6.45) is 3.76. The van der Waals surface area contributed by atoms with Crippen LogP contribution in [0.1, 0.15) is 29.7 Å². The van der Waals surface area contributed by atoms with Crippen LogP contribution in [0.5, 0.6) is 5.75 Å². The van der Waals surface area contributed by atoms with Gasteiger partial charge in [0.25, 0.3) is 0 Å². The average molecular weight is 386 g/mol. The number of rotatable bonds is 6. The molecule has 2 heterocycles. The monoisotopic (exact) mass is 385 g/mol. The van der Waals surface area contributed by atoms with Crippen molar-refractivity contribution in [3.63, 3.8) is 0 Å². The Morgan fingerprint density at radius 2 is 2.12 bits per heavy atom. The van der Waals surface area contributed by atoms with Crippen LogP contribution < -0.4 is 10.1 Å². The highest BCUT2D eigenvalue weighted by atomic mass is 35.5. The standard InChI is InChI=1S/C18H24ClN3O2.ClH/c1-13-14(11-21-22-13)10-20-12-18(5-7-24-8-6-18)16-9-15(19)3-4-17(16)23-2;/h3-4,9,11,20H,5-8,10,12H2,1-2H3,(H,21,22);1H. The molecule has 1 saturated heterocycles. The van der Waals surface area contributed by atoms with Gasteiger partial charge in [0.2, 0.25) is 0 Å². The number of aromatic nitrogens is 2. The number of nitrogens with one attached hydrogen (secondary N) is 2. The van der Waals surface area contributed by atoms with Crippen LogP contribution in [0.15, 0.2) is 24.4 Å². The van der Waals surface area contributed by atoms with Crippen molar-refractivity contribution in [3.05, 3.63) is 46.2 Å². The van der Waals surface area contributed by atoms with Gasteiger partial charge in [-0.25, -0.2) is 0 Å². The highest BCUT2D eigenvalue weighted by molar-refractivity contribution is 6.30. The van der Waals surface area contributed by atoms with Gasteiger partial charge in [0.05, 0.1) is 13.3 Å². The second-order valence-electron chi connectivity index (χ2n) is 6.36. The molecular formula is C18H25Cl2N3O2. The van der Waals surface area contributed by atoms with Crippen LogP contribution in [0.4, 0.5) is 0 Å². The summed E-state index contributed by atoms with van der Waals surface area (Å²) in [4.78, 5) is 0. The first kappa shape index (κ1) is 20.0. The normalized spacial score (nSPS) is 16.3. The molecule has 7 heteroatoms. The van der Waals surface area contributed by atoms with E-state index >= 15 is 0 Å². The SMILES string of the molecule is COc1ccc(Cl)cc1C1(CNCc2cn[nH]c2C)CCOCC1.Cl. The van der Waals surface area contributed by atoms with Crippen LogP contribution in [0.3, 0.4) is 0 Å². The molecule has 1 aromatic heterocycles. The Balaban J connectivity index is 0.00000225. The van der Waals surface area contributed by atoms with Crippen LogP contribution >= 0.6 is 24.0 Å². The van der Waals surface area contributed by atoms with Crippen molar-refractivity contribution in [1.29, 1.82) is 0 Å². The topological polar surface area (TPSA) is 59.2 Å². The zero-order valence-electron chi connectivity index (χ0n) is 14.6. The molecule has 1 fully saturated rings. The summed E-state index contributed by atoms with van der Waals surface area (Å²) in [6, 6.07) is 5.87. The molecule has 0 bridgehead atoms. The van der Waals surface area contributed by atoms with Gasteiger partial charge in [-0.1, -0.05) is 11.6 Å². The molecule has 0 spiro atoms. The van der Waals surface area contributed by atoms with E-state index in [0.29, 0.717) is 0 Å². The van der Waals surface area contributed by atoms with Crippen molar-refractivity contribution in [2.24, 2.45) is 0 Å². The van der Waals surface area contributed by atoms with Crippen LogP contribution in [0.25, 0.3) is 0 Å². The molecule has 0 saturated carbocycles. The van der Waals surface area contributed by atoms with E-state index in [1.54, 1.807) is 7.11 Å². The largest absolute Gasteiger partial charge is 0.496 e. The lowest BCUT2D eigenvalue weighted by molar-refractivity contribution is 0.0489. The average Bonchev–Trinajstić information content (AvgIpc) is 3.01. The second kappa shape index (κ2) is 8.90. The lowest BCUT2D eigenvalue weighted by Gasteiger charge is -2.39. The lowest BCUT2D eigenvalue weighted by Crippen LogP contribution is -2.43. The summed E-state index contributed by atoms with van der Waals surface area (Å²) >= 11 is 6.27. The second-order valence-corrected chi connectivity index (χ2v) is 6.80. The predicted octanol–water partition coefficient (Wildman–Crippen LogP) is 3.64. The fourth-order valence-electron chi connectivity index (χ4n) is 3.39. The van der Waals surface area contributed by atoms with Gasteiger partial charge >= 0.3 is 0 Å². The van der Waals surface area contributed by atoms with Crippen molar-refractivity contribution in [1.82, 2.24) is 15.5 Å². The predicted molar refractivity (Wildman–Crippen MR) is 102 cm³/mol. The zero-order valence-corrected chi connectivity index (χ0v) is 16.2. The molecule has 1 aromatic carbocycles. The quantitative estimate of drug-likeness (QED) is 0.796. The number of halogens is 2. The molecule has 138 valence electrons. The third-order valence-electron chi connectivity index (χ3n) is 4.90. The van der Waals surface area contributed by atoms with Crippen molar-refractivity contribution in [2.75, 3.05) is 26.9 Å². The molecule has 0 radical (unpaired) electrons. The lowest BCUT2D eigenvalue weighted by atomic mass is 9.73. The summed E-state index contributed by atoms with van der Waals surface area (Å²) in [7, 11) is 1.71. The van der Waals surface area contributed by atoms with Crippen LogP contribution in [-0.2, 0) is 16.7 Å². The fraction of sp³-hybridized carbons (Fsp3) is 0.500. The van der Waals surface area contributed by atoms with Gasteiger partial charge in [0.15, 0.2) is 0 Å². The molecule has 0 amide bonds. The van der Waals surface area contributed by atoms with Crippen molar-refractivity contribution in [3.8, 4) is 5.75 Å². The highest BCUT2D eigenvalue weighted by Crippen LogP contribution is 2.40. The first-order valence-corrected chi connectivity index (χ1v) is 8.64. The van der Waals surface area contributed by atoms with Gasteiger partial charge in [-0.05, 0) is 38.0 Å². The maximum Gasteiger partial charge on any atom is 0.122 e. The molecular weight excluding hydrogens is 361 g/mol. The van der Waals surface area contributed by atoms with Crippen molar-refractivity contribution >= 4 is 24.0 Å². The number of ether oxygens (including phenoxy) is 2. The number of hydrogen-bond acceptors (Lipinski definition) is 4. The Morgan fingerprint density at radius 3 is 2.76 bits per heavy atom. The number of benzene rings is 1. The van der Waals surface area contributed by atoms with E-state index in [4.69, 9.17) is 21.1 Å². The molecule has 3 rings (SSSR count). The molecule has 1 aliphatic heterocycles. The van der Waals surface area contributed by atoms with Crippen LogP contribution in [0.2, 0.25) is 5.02 Å². The van der Waals surface area contributed by atoms with E-state index < -0.39 is 0 Å². The number of methoxy groups -OCH3 is 1. The number of aromatic amines is 1. The number of nitrogens with zero attached hydrogens (tertiary/aromatic N) is 1. The Hall–Kier alpha value is -1.27. The maximum atomic E-state index is 6.27. The van der Waals surface area contributed by atoms with Gasteiger partial charge in [-0.2, -0.15) is 5.10 Å². The molecule has 2 aromatic rings. The summed E-state index contributed by atoms with van der Waals surface area (Å²) < 4.78 is 11.2. The van der Waals surface area contributed by atoms with Gasteiger partial charge < -0.3 is 14.8 Å². The van der Waals surface area contributed by atoms with E-state index in [-0.39, 0.29) is 17.8 Å². The Morgan fingerprint density at radius 1 is 1.36 bits per heavy atom. The van der Waals surface area contributed by atoms with E-state index in [0.717, 1.165) is 61.2 Å². The summed E-state index contributed by atoms with van der Waals surface area (Å²) in [6.45, 7) is 5.17. The number of hydrogen-bond donors (Lipinski definition) is 2. The smallest absolute Gasteiger partial charge is 0.122 e. The van der Waals surface area contributed by atoms with Crippen molar-refractivity contribution in [2.45, 2.75) is 31.7 Å². The Kier molecular flexibility index (Phi) is 7.14. The Bertz CT molecular complexity index is 685. The molecule has 0 atom stereocenters. The molecule has 5 nitrogen and oxygen atoms in total. The van der Waals surface area contributed by atoms with Gasteiger partial charge in [-0.15, -0.1) is 12.4 Å². The van der Waals surface area contributed by atoms with E-state index in [1.165, 1.54) is 5.56 Å². The van der Waals surface area contributed by atoms with Crippen molar-refractivity contribution < 1.29 is 9.47 Å². The van der Waals surface area contributed by atoms with Crippen LogP contribution in [0, 0.1) is 6.92 Å². The minimum Gasteiger partial charge on any atom is -0.496 e. The Labute approximate surface area is 159 Å². The third kappa shape index (κ3) is 4.47. The molecule has 2 N–H and O–H groups in total. The first-order chi connectivity index (χ1) is 11.6. The highest BCUT2D eigenvalue weighted by Gasteiger charge is 2.36. The number of aryl methyl sites for hydroxylation is 1. The van der Waals surface area contributed by atoms with Gasteiger partial charge in [-0.3, -0.25) is 5.10 Å². The third-order valence-corrected chi connectivity index (χ3v) is 5.13. The van der Waals surface area contributed by atoms with E-state index in [2.05, 4.69) is 15.5 Å². The summed E-state index contributed by atoms with van der Waals surface area (Å²) in [5, 5.41) is 11.4. The van der Waals surface area contributed by atoms with Crippen LogP contribution in [-0.4, -0.2) is 37.1 Å². The molecule has 1 aliphatic rings. The molecule has 0 unspecified atom stereocenters. The number of H-pyrrole nitrogens is 1. The first-order valence-electron chi connectivity index (χ1n) is 8.26. The maximum absolute atomic E-state index is 6.27. The fourth-order valence-corrected chi connectivity index (χ4v) is 3.56. The minimum absolute atomic E-state index is 0. The summed E-state index contributed by atoms with van der Waals surface area (Å²) in [5.74, 6) is 0.891. The molecule has 25 heavy (non-hydrogen) atoms. The minimum atomic E-state index is -0.0356. The molecule has 0 aliphatic carbocycles. The summed E-state index contributed by atoms with van der Waals surface area (Å²) in [5.41, 5.74) is 3.42. The van der Waals surface area contributed by atoms with Gasteiger partial charge in [0, 0.05) is 53.6 Å². The van der Waals surface area contributed by atoms with Gasteiger partial charge in [0.1, 0.15) is 5.75 Å². The van der Waals surface area contributed by atoms with E-state index in [9.17, 15) is 0 Å².